The van der Waals surface area contributed by atoms with Gasteiger partial charge in [0.2, 0.25) is 5.28 Å². The Morgan fingerprint density at radius 3 is 2.88 bits per heavy atom. The average molecular weight is 367 g/mol. The molecule has 2 aliphatic rings. The van der Waals surface area contributed by atoms with Crippen LogP contribution >= 0.6 is 11.6 Å². The number of aliphatic hydroxyl groups excluding tert-OH is 1. The first-order valence-corrected chi connectivity index (χ1v) is 8.02. The molecule has 4 atom stereocenters. The second kappa shape index (κ2) is 5.80. The number of halogens is 1. The second-order valence-electron chi connectivity index (χ2n) is 6.28. The summed E-state index contributed by atoms with van der Waals surface area (Å²) in [6.45, 7) is 3.42. The van der Waals surface area contributed by atoms with Gasteiger partial charge in [-0.3, -0.25) is 0 Å². The molecule has 2 saturated heterocycles. The first-order chi connectivity index (χ1) is 11.9. The fourth-order valence-electron chi connectivity index (χ4n) is 3.35. The minimum Gasteiger partial charge on any atom is -0.394 e. The van der Waals surface area contributed by atoms with E-state index in [-0.39, 0.29) is 17.7 Å². The molecule has 4 heterocycles. The number of nitrogens with zero attached hydrogens (tertiary/aromatic N) is 6. The highest BCUT2D eigenvalue weighted by atomic mass is 35.5. The van der Waals surface area contributed by atoms with Crippen molar-refractivity contribution in [3.8, 4) is 0 Å². The molecule has 2 aromatic heterocycles. The number of aromatic nitrogens is 3. The van der Waals surface area contributed by atoms with Crippen LogP contribution in [0.2, 0.25) is 5.28 Å². The first kappa shape index (κ1) is 16.5. The van der Waals surface area contributed by atoms with Gasteiger partial charge in [-0.15, -0.1) is 0 Å². The smallest absolute Gasteiger partial charge is 0.224 e. The molecule has 2 fully saturated rings. The highest BCUT2D eigenvalue weighted by molar-refractivity contribution is 6.28. The first-order valence-electron chi connectivity index (χ1n) is 7.64. The van der Waals surface area contributed by atoms with Gasteiger partial charge in [-0.05, 0) is 42.2 Å². The predicted octanol–water partition coefficient (Wildman–Crippen LogP) is 2.44. The number of rotatable bonds is 3. The second-order valence-corrected chi connectivity index (χ2v) is 6.62. The Morgan fingerprint density at radius 2 is 2.16 bits per heavy atom. The predicted molar refractivity (Wildman–Crippen MR) is 86.2 cm³/mol. The molecule has 1 N–H and O–H groups in total. The zero-order chi connectivity index (χ0) is 17.8. The van der Waals surface area contributed by atoms with Crippen LogP contribution < -0.4 is 0 Å². The maximum absolute atomic E-state index is 9.60. The molecular formula is C14H15ClN6O4. The molecule has 2 aliphatic heterocycles. The Labute approximate surface area is 146 Å². The topological polar surface area (TPSA) is 127 Å². The number of hydrogen-bond donors (Lipinski definition) is 1. The SMILES string of the molecule is CC1(C)O[C@@H]2[C@H](O1)[C@@H](CO)O[C@H]2n1ccc2c(N=[N+]=[N-])nc(Cl)nc21. The van der Waals surface area contributed by atoms with E-state index in [0.29, 0.717) is 11.0 Å². The van der Waals surface area contributed by atoms with Gasteiger partial charge in [0.25, 0.3) is 0 Å². The molecule has 0 saturated carbocycles. The van der Waals surface area contributed by atoms with Crippen molar-refractivity contribution in [2.24, 2.45) is 5.11 Å². The van der Waals surface area contributed by atoms with Gasteiger partial charge in [-0.25, -0.2) is 4.98 Å². The monoisotopic (exact) mass is 366 g/mol. The van der Waals surface area contributed by atoms with E-state index < -0.39 is 30.3 Å². The summed E-state index contributed by atoms with van der Waals surface area (Å²) in [7, 11) is 0. The summed E-state index contributed by atoms with van der Waals surface area (Å²) in [6, 6.07) is 1.71. The summed E-state index contributed by atoms with van der Waals surface area (Å²) in [5.74, 6) is -0.648. The molecule has 10 nitrogen and oxygen atoms in total. The summed E-state index contributed by atoms with van der Waals surface area (Å²) in [5.41, 5.74) is 9.14. The molecule has 25 heavy (non-hydrogen) atoms. The van der Waals surface area contributed by atoms with Crippen LogP contribution in [-0.2, 0) is 14.2 Å². The summed E-state index contributed by atoms with van der Waals surface area (Å²) >= 11 is 5.95. The number of ether oxygens (including phenoxy) is 3. The Balaban J connectivity index is 1.81. The van der Waals surface area contributed by atoms with E-state index >= 15 is 0 Å². The van der Waals surface area contributed by atoms with E-state index in [0.717, 1.165) is 0 Å². The molecule has 0 aliphatic carbocycles. The van der Waals surface area contributed by atoms with Crippen LogP contribution in [0.1, 0.15) is 20.1 Å². The van der Waals surface area contributed by atoms with Crippen molar-refractivity contribution in [3.05, 3.63) is 28.0 Å². The summed E-state index contributed by atoms with van der Waals surface area (Å²) in [6.07, 6.45) is -0.215. The lowest BCUT2D eigenvalue weighted by Gasteiger charge is -2.24. The Morgan fingerprint density at radius 1 is 1.40 bits per heavy atom. The number of hydrogen-bond acceptors (Lipinski definition) is 7. The van der Waals surface area contributed by atoms with Gasteiger partial charge in [0.1, 0.15) is 29.8 Å². The van der Waals surface area contributed by atoms with Gasteiger partial charge in [-0.1, -0.05) is 0 Å². The lowest BCUT2D eigenvalue weighted by molar-refractivity contribution is -0.199. The third-order valence-electron chi connectivity index (χ3n) is 4.24. The highest BCUT2D eigenvalue weighted by Gasteiger charge is 2.55. The molecule has 0 amide bonds. The Bertz CT molecular complexity index is 880. The minimum atomic E-state index is -0.781. The van der Waals surface area contributed by atoms with Crippen molar-refractivity contribution in [1.82, 2.24) is 14.5 Å². The maximum Gasteiger partial charge on any atom is 0.224 e. The third kappa shape index (κ3) is 2.63. The standard InChI is InChI=1S/C14H15ClN6O4/c1-14(2)24-8-7(5-22)23-12(9(8)25-14)21-4-3-6-10(19-20-16)17-13(15)18-11(6)21/h3-4,7-9,12,22H,5H2,1-2H3/t7-,8-,9-,12-/m1/s1. The molecule has 2 aromatic rings. The lowest BCUT2D eigenvalue weighted by Crippen LogP contribution is -2.31. The van der Waals surface area contributed by atoms with E-state index in [1.807, 2.05) is 13.8 Å². The van der Waals surface area contributed by atoms with Crippen LogP contribution in [0, 0.1) is 0 Å². The molecule has 0 radical (unpaired) electrons. The maximum atomic E-state index is 9.60. The Hall–Kier alpha value is -1.94. The van der Waals surface area contributed by atoms with Crippen molar-refractivity contribution in [2.45, 2.75) is 44.2 Å². The van der Waals surface area contributed by atoms with Gasteiger partial charge >= 0.3 is 0 Å². The fourth-order valence-corrected chi connectivity index (χ4v) is 3.51. The van der Waals surface area contributed by atoms with Crippen LogP contribution in [0.15, 0.2) is 17.4 Å². The zero-order valence-corrected chi connectivity index (χ0v) is 14.2. The Kier molecular flexibility index (Phi) is 3.84. The quantitative estimate of drug-likeness (QED) is 0.384. The van der Waals surface area contributed by atoms with E-state index in [1.165, 1.54) is 0 Å². The summed E-state index contributed by atoms with van der Waals surface area (Å²) < 4.78 is 19.5. The summed E-state index contributed by atoms with van der Waals surface area (Å²) in [5, 5.41) is 13.6. The van der Waals surface area contributed by atoms with E-state index in [2.05, 4.69) is 20.0 Å². The highest BCUT2D eigenvalue weighted by Crippen LogP contribution is 2.44. The van der Waals surface area contributed by atoms with Crippen molar-refractivity contribution < 1.29 is 19.3 Å². The van der Waals surface area contributed by atoms with Gasteiger partial charge in [-0.2, -0.15) is 4.98 Å². The number of fused-ring (bicyclic) bond motifs is 2. The zero-order valence-electron chi connectivity index (χ0n) is 13.4. The van der Waals surface area contributed by atoms with Crippen LogP contribution in [0.25, 0.3) is 21.5 Å². The van der Waals surface area contributed by atoms with Gasteiger partial charge in [0.15, 0.2) is 12.0 Å². The normalized spacial score (nSPS) is 30.4. The average Bonchev–Trinajstić information content (AvgIpc) is 3.18. The molecular weight excluding hydrogens is 352 g/mol. The van der Waals surface area contributed by atoms with Gasteiger partial charge in [0.05, 0.1) is 6.61 Å². The molecule has 132 valence electrons. The lowest BCUT2D eigenvalue weighted by atomic mass is 10.1. The van der Waals surface area contributed by atoms with Crippen molar-refractivity contribution in [3.63, 3.8) is 0 Å². The number of aliphatic hydroxyl groups is 1. The van der Waals surface area contributed by atoms with Gasteiger partial charge < -0.3 is 23.9 Å². The molecule has 4 rings (SSSR count). The number of azide groups is 1. The van der Waals surface area contributed by atoms with E-state index in [1.54, 1.807) is 16.8 Å². The van der Waals surface area contributed by atoms with Crippen LogP contribution in [0.3, 0.4) is 0 Å². The van der Waals surface area contributed by atoms with E-state index in [9.17, 15) is 5.11 Å². The fraction of sp³-hybridized carbons (Fsp3) is 0.571. The van der Waals surface area contributed by atoms with Crippen LogP contribution in [-0.4, -0.2) is 50.3 Å². The third-order valence-corrected chi connectivity index (χ3v) is 4.41. The van der Waals surface area contributed by atoms with Crippen molar-refractivity contribution >= 4 is 28.5 Å². The molecule has 0 unspecified atom stereocenters. The van der Waals surface area contributed by atoms with E-state index in [4.69, 9.17) is 31.3 Å². The molecule has 0 bridgehead atoms. The largest absolute Gasteiger partial charge is 0.394 e. The van der Waals surface area contributed by atoms with Crippen molar-refractivity contribution in [1.29, 1.82) is 0 Å². The summed E-state index contributed by atoms with van der Waals surface area (Å²) in [4.78, 5) is 10.9. The molecule has 11 heteroatoms. The van der Waals surface area contributed by atoms with Crippen molar-refractivity contribution in [2.75, 3.05) is 6.61 Å². The minimum absolute atomic E-state index is 0.0491. The van der Waals surface area contributed by atoms with Crippen LogP contribution in [0.4, 0.5) is 5.82 Å². The van der Waals surface area contributed by atoms with Crippen LogP contribution in [0.5, 0.6) is 0 Å². The molecule has 0 aromatic carbocycles. The molecule has 0 spiro atoms. The van der Waals surface area contributed by atoms with Gasteiger partial charge in [0, 0.05) is 16.5 Å².